The predicted octanol–water partition coefficient (Wildman–Crippen LogP) is 5.09. The van der Waals surface area contributed by atoms with Crippen molar-refractivity contribution in [2.75, 3.05) is 0 Å². The highest BCUT2D eigenvalue weighted by Gasteiger charge is 2.16. The maximum Gasteiger partial charge on any atom is 0.307 e. The third-order valence-electron chi connectivity index (χ3n) is 3.80. The second-order valence-corrected chi connectivity index (χ2v) is 6.81. The van der Waals surface area contributed by atoms with Crippen LogP contribution in [0.25, 0.3) is 16.9 Å². The summed E-state index contributed by atoms with van der Waals surface area (Å²) in [6.07, 6.45) is 1.63. The van der Waals surface area contributed by atoms with E-state index in [1.807, 2.05) is 26.0 Å². The number of hydrogen-bond donors (Lipinski definition) is 1. The van der Waals surface area contributed by atoms with E-state index in [-0.39, 0.29) is 6.42 Å². The summed E-state index contributed by atoms with van der Waals surface area (Å²) in [5.74, 6) is -0.915. The highest BCUT2D eigenvalue weighted by atomic mass is 35.5. The van der Waals surface area contributed by atoms with Crippen molar-refractivity contribution in [1.82, 2.24) is 9.78 Å². The first-order chi connectivity index (χ1) is 11.8. The molecule has 0 spiro atoms. The van der Waals surface area contributed by atoms with Crippen LogP contribution in [-0.2, 0) is 11.2 Å². The molecule has 1 heterocycles. The topological polar surface area (TPSA) is 55.1 Å². The van der Waals surface area contributed by atoms with Crippen LogP contribution in [0.1, 0.15) is 16.7 Å². The first kappa shape index (κ1) is 17.5. The van der Waals surface area contributed by atoms with Gasteiger partial charge in [0.25, 0.3) is 0 Å². The number of hydrogen-bond acceptors (Lipinski definition) is 2. The van der Waals surface area contributed by atoms with Crippen LogP contribution in [0, 0.1) is 13.8 Å². The maximum absolute atomic E-state index is 11.2. The fourth-order valence-corrected chi connectivity index (χ4v) is 3.10. The molecule has 128 valence electrons. The number of rotatable bonds is 4. The Balaban J connectivity index is 2.15. The molecule has 0 aliphatic heterocycles. The van der Waals surface area contributed by atoms with Gasteiger partial charge in [-0.2, -0.15) is 5.10 Å². The zero-order valence-electron chi connectivity index (χ0n) is 13.8. The van der Waals surface area contributed by atoms with Gasteiger partial charge in [-0.05, 0) is 49.2 Å². The van der Waals surface area contributed by atoms with Crippen molar-refractivity contribution in [2.45, 2.75) is 20.3 Å². The molecular weight excluding hydrogens is 359 g/mol. The molecule has 3 aromatic rings. The van der Waals surface area contributed by atoms with Crippen molar-refractivity contribution in [2.24, 2.45) is 0 Å². The molecule has 4 nitrogen and oxygen atoms in total. The van der Waals surface area contributed by atoms with Crippen LogP contribution in [-0.4, -0.2) is 20.9 Å². The molecule has 0 radical (unpaired) electrons. The monoisotopic (exact) mass is 374 g/mol. The molecule has 1 N–H and O–H groups in total. The third-order valence-corrected chi connectivity index (χ3v) is 4.53. The standard InChI is InChI=1S/C19H16Cl2N2O2/c1-11-5-12(2)7-15(6-11)23-10-14(9-18(24)25)19(22-23)13-3-4-16(20)17(21)8-13/h3-8,10H,9H2,1-2H3,(H,24,25). The van der Waals surface area contributed by atoms with Crippen LogP contribution < -0.4 is 0 Å². The van der Waals surface area contributed by atoms with Gasteiger partial charge in [-0.25, -0.2) is 4.68 Å². The van der Waals surface area contributed by atoms with Crippen LogP contribution in [0.3, 0.4) is 0 Å². The van der Waals surface area contributed by atoms with Crippen LogP contribution in [0.4, 0.5) is 0 Å². The number of aromatic nitrogens is 2. The molecule has 0 bridgehead atoms. The Morgan fingerprint density at radius 2 is 1.76 bits per heavy atom. The Kier molecular flexibility index (Phi) is 4.84. The Morgan fingerprint density at radius 1 is 1.08 bits per heavy atom. The summed E-state index contributed by atoms with van der Waals surface area (Å²) in [7, 11) is 0. The van der Waals surface area contributed by atoms with Crippen molar-refractivity contribution < 1.29 is 9.90 Å². The van der Waals surface area contributed by atoms with Crippen molar-refractivity contribution >= 4 is 29.2 Å². The lowest BCUT2D eigenvalue weighted by atomic mass is 10.1. The fourth-order valence-electron chi connectivity index (χ4n) is 2.80. The fraction of sp³-hybridized carbons (Fsp3) is 0.158. The smallest absolute Gasteiger partial charge is 0.307 e. The Labute approximate surface area is 155 Å². The Bertz CT molecular complexity index is 944. The molecule has 0 fully saturated rings. The van der Waals surface area contributed by atoms with E-state index in [4.69, 9.17) is 23.2 Å². The maximum atomic E-state index is 11.2. The number of halogens is 2. The zero-order valence-corrected chi connectivity index (χ0v) is 15.3. The number of benzene rings is 2. The molecular formula is C19H16Cl2N2O2. The lowest BCUT2D eigenvalue weighted by Crippen LogP contribution is -2.00. The summed E-state index contributed by atoms with van der Waals surface area (Å²) < 4.78 is 1.70. The zero-order chi connectivity index (χ0) is 18.1. The molecule has 0 aliphatic rings. The quantitative estimate of drug-likeness (QED) is 0.691. The summed E-state index contributed by atoms with van der Waals surface area (Å²) in [4.78, 5) is 11.2. The van der Waals surface area contributed by atoms with Gasteiger partial charge in [0, 0.05) is 17.3 Å². The number of carboxylic acids is 1. The van der Waals surface area contributed by atoms with E-state index in [1.165, 1.54) is 0 Å². The molecule has 0 saturated carbocycles. The van der Waals surface area contributed by atoms with Gasteiger partial charge in [0.2, 0.25) is 0 Å². The molecule has 25 heavy (non-hydrogen) atoms. The van der Waals surface area contributed by atoms with E-state index in [0.717, 1.165) is 22.4 Å². The van der Waals surface area contributed by atoms with Crippen molar-refractivity contribution in [3.8, 4) is 16.9 Å². The van der Waals surface area contributed by atoms with Gasteiger partial charge in [0.05, 0.1) is 27.8 Å². The van der Waals surface area contributed by atoms with Gasteiger partial charge < -0.3 is 5.11 Å². The first-order valence-corrected chi connectivity index (χ1v) is 8.43. The number of aliphatic carboxylic acids is 1. The van der Waals surface area contributed by atoms with E-state index < -0.39 is 5.97 Å². The van der Waals surface area contributed by atoms with E-state index in [0.29, 0.717) is 21.3 Å². The van der Waals surface area contributed by atoms with Crippen molar-refractivity contribution in [3.05, 3.63) is 69.3 Å². The summed E-state index contributed by atoms with van der Waals surface area (Å²) in [6, 6.07) is 11.2. The summed E-state index contributed by atoms with van der Waals surface area (Å²) >= 11 is 12.1. The van der Waals surface area contributed by atoms with E-state index >= 15 is 0 Å². The van der Waals surface area contributed by atoms with Gasteiger partial charge in [0.15, 0.2) is 0 Å². The second kappa shape index (κ2) is 6.90. The average Bonchev–Trinajstić information content (AvgIpc) is 2.92. The van der Waals surface area contributed by atoms with Crippen LogP contribution in [0.5, 0.6) is 0 Å². The molecule has 0 amide bonds. The van der Waals surface area contributed by atoms with E-state index in [1.54, 1.807) is 29.1 Å². The second-order valence-electron chi connectivity index (χ2n) is 5.99. The first-order valence-electron chi connectivity index (χ1n) is 7.68. The molecule has 6 heteroatoms. The third kappa shape index (κ3) is 3.86. The molecule has 3 rings (SSSR count). The lowest BCUT2D eigenvalue weighted by molar-refractivity contribution is -0.136. The lowest BCUT2D eigenvalue weighted by Gasteiger charge is -2.05. The van der Waals surface area contributed by atoms with Gasteiger partial charge >= 0.3 is 5.97 Å². The summed E-state index contributed by atoms with van der Waals surface area (Å²) in [6.45, 7) is 4.02. The van der Waals surface area contributed by atoms with Gasteiger partial charge in [-0.3, -0.25) is 4.79 Å². The summed E-state index contributed by atoms with van der Waals surface area (Å²) in [5.41, 5.74) is 5.04. The predicted molar refractivity (Wildman–Crippen MR) is 99.8 cm³/mol. The number of carbonyl (C=O) groups is 1. The van der Waals surface area contributed by atoms with Crippen molar-refractivity contribution in [3.63, 3.8) is 0 Å². The van der Waals surface area contributed by atoms with Gasteiger partial charge in [-0.15, -0.1) is 0 Å². The SMILES string of the molecule is Cc1cc(C)cc(-n2cc(CC(=O)O)c(-c3ccc(Cl)c(Cl)c3)n2)c1. The molecule has 0 aliphatic carbocycles. The number of carboxylic acid groups (broad SMARTS) is 1. The largest absolute Gasteiger partial charge is 0.481 e. The Morgan fingerprint density at radius 3 is 2.36 bits per heavy atom. The van der Waals surface area contributed by atoms with E-state index in [2.05, 4.69) is 11.2 Å². The van der Waals surface area contributed by atoms with Crippen LogP contribution in [0.2, 0.25) is 10.0 Å². The van der Waals surface area contributed by atoms with Crippen LogP contribution in [0.15, 0.2) is 42.6 Å². The molecule has 0 unspecified atom stereocenters. The van der Waals surface area contributed by atoms with Crippen LogP contribution >= 0.6 is 23.2 Å². The van der Waals surface area contributed by atoms with Crippen molar-refractivity contribution in [1.29, 1.82) is 0 Å². The minimum Gasteiger partial charge on any atom is -0.481 e. The number of nitrogens with zero attached hydrogens (tertiary/aromatic N) is 2. The molecule has 0 atom stereocenters. The van der Waals surface area contributed by atoms with Gasteiger partial charge in [0.1, 0.15) is 0 Å². The van der Waals surface area contributed by atoms with E-state index in [9.17, 15) is 9.90 Å². The molecule has 0 saturated heterocycles. The molecule has 1 aromatic heterocycles. The average molecular weight is 375 g/mol. The highest BCUT2D eigenvalue weighted by molar-refractivity contribution is 6.42. The number of aryl methyl sites for hydroxylation is 2. The summed E-state index contributed by atoms with van der Waals surface area (Å²) in [5, 5.41) is 14.7. The Hall–Kier alpha value is -2.30. The normalized spacial score (nSPS) is 10.9. The minimum atomic E-state index is -0.915. The minimum absolute atomic E-state index is 0.125. The van der Waals surface area contributed by atoms with Gasteiger partial charge in [-0.1, -0.05) is 35.3 Å². The highest BCUT2D eigenvalue weighted by Crippen LogP contribution is 2.30. The molecule has 2 aromatic carbocycles.